The standard InChI is InChI=1S/C19H27N5O2/c1-15-16(12-22-23(15)2)7-8-18(25)21-13-19(26)9-5-11-24(14-19)17-6-3-4-10-20-17/h3-4,6,10,12,26H,5,7-9,11,13-14H2,1-2H3,(H,21,25)/t19-/m0/s1. The summed E-state index contributed by atoms with van der Waals surface area (Å²) < 4.78 is 1.81. The average Bonchev–Trinajstić information content (AvgIpc) is 2.97. The van der Waals surface area contributed by atoms with E-state index in [9.17, 15) is 9.90 Å². The second kappa shape index (κ2) is 7.86. The molecule has 7 heteroatoms. The van der Waals surface area contributed by atoms with Gasteiger partial charge in [-0.2, -0.15) is 5.10 Å². The molecule has 1 saturated heterocycles. The van der Waals surface area contributed by atoms with E-state index in [1.165, 1.54) is 0 Å². The van der Waals surface area contributed by atoms with Gasteiger partial charge in [-0.1, -0.05) is 6.07 Å². The van der Waals surface area contributed by atoms with E-state index in [1.54, 1.807) is 6.20 Å². The van der Waals surface area contributed by atoms with Gasteiger partial charge in [0.15, 0.2) is 0 Å². The van der Waals surface area contributed by atoms with Crippen molar-refractivity contribution in [2.75, 3.05) is 24.5 Å². The first-order valence-corrected chi connectivity index (χ1v) is 9.09. The minimum absolute atomic E-state index is 0.0448. The summed E-state index contributed by atoms with van der Waals surface area (Å²) in [5.41, 5.74) is 1.24. The summed E-state index contributed by atoms with van der Waals surface area (Å²) >= 11 is 0. The van der Waals surface area contributed by atoms with Gasteiger partial charge in [0, 0.05) is 45.0 Å². The van der Waals surface area contributed by atoms with Crippen molar-refractivity contribution in [3.8, 4) is 0 Å². The fourth-order valence-corrected chi connectivity index (χ4v) is 3.38. The Labute approximate surface area is 154 Å². The number of pyridine rings is 1. The number of hydrogen-bond acceptors (Lipinski definition) is 5. The highest BCUT2D eigenvalue weighted by atomic mass is 16.3. The first kappa shape index (κ1) is 18.4. The third-order valence-electron chi connectivity index (χ3n) is 5.10. The Morgan fingerprint density at radius 3 is 2.96 bits per heavy atom. The topological polar surface area (TPSA) is 83.3 Å². The van der Waals surface area contributed by atoms with E-state index in [0.717, 1.165) is 30.0 Å². The number of carbonyl (C=O) groups is 1. The van der Waals surface area contributed by atoms with Gasteiger partial charge in [0.1, 0.15) is 5.82 Å². The highest BCUT2D eigenvalue weighted by Gasteiger charge is 2.34. The lowest BCUT2D eigenvalue weighted by molar-refractivity contribution is -0.122. The van der Waals surface area contributed by atoms with Crippen LogP contribution < -0.4 is 10.2 Å². The number of piperidine rings is 1. The second-order valence-electron chi connectivity index (χ2n) is 7.09. The Kier molecular flexibility index (Phi) is 5.56. The van der Waals surface area contributed by atoms with Crippen molar-refractivity contribution in [1.29, 1.82) is 0 Å². The maximum absolute atomic E-state index is 12.2. The molecule has 1 aliphatic heterocycles. The van der Waals surface area contributed by atoms with Crippen LogP contribution in [0.2, 0.25) is 0 Å². The normalized spacial score (nSPS) is 20.2. The molecule has 1 aliphatic rings. The van der Waals surface area contributed by atoms with Crippen molar-refractivity contribution in [2.45, 2.75) is 38.2 Å². The Morgan fingerprint density at radius 1 is 1.42 bits per heavy atom. The van der Waals surface area contributed by atoms with Crippen molar-refractivity contribution in [3.05, 3.63) is 41.9 Å². The zero-order valence-electron chi connectivity index (χ0n) is 15.5. The van der Waals surface area contributed by atoms with Crippen molar-refractivity contribution in [1.82, 2.24) is 20.1 Å². The van der Waals surface area contributed by atoms with Crippen LogP contribution in [-0.4, -0.2) is 51.0 Å². The number of carbonyl (C=O) groups excluding carboxylic acids is 1. The van der Waals surface area contributed by atoms with E-state index in [0.29, 0.717) is 25.8 Å². The predicted octanol–water partition coefficient (Wildman–Crippen LogP) is 1.20. The third-order valence-corrected chi connectivity index (χ3v) is 5.10. The summed E-state index contributed by atoms with van der Waals surface area (Å²) in [4.78, 5) is 18.6. The molecule has 0 aromatic carbocycles. The molecule has 26 heavy (non-hydrogen) atoms. The number of amides is 1. The van der Waals surface area contributed by atoms with E-state index in [-0.39, 0.29) is 12.5 Å². The third kappa shape index (κ3) is 4.40. The molecule has 0 aliphatic carbocycles. The largest absolute Gasteiger partial charge is 0.386 e. The molecule has 7 nitrogen and oxygen atoms in total. The van der Waals surface area contributed by atoms with Gasteiger partial charge < -0.3 is 15.3 Å². The Hall–Kier alpha value is -2.41. The van der Waals surface area contributed by atoms with Gasteiger partial charge in [-0.25, -0.2) is 4.98 Å². The van der Waals surface area contributed by atoms with Crippen LogP contribution in [0.25, 0.3) is 0 Å². The lowest BCUT2D eigenvalue weighted by atomic mass is 9.92. The van der Waals surface area contributed by atoms with E-state index in [4.69, 9.17) is 0 Å². The zero-order chi connectivity index (χ0) is 18.6. The van der Waals surface area contributed by atoms with Crippen LogP contribution in [0.15, 0.2) is 30.6 Å². The summed E-state index contributed by atoms with van der Waals surface area (Å²) in [5, 5.41) is 18.0. The quantitative estimate of drug-likeness (QED) is 0.812. The Bertz CT molecular complexity index is 746. The fourth-order valence-electron chi connectivity index (χ4n) is 3.38. The first-order chi connectivity index (χ1) is 12.5. The number of aliphatic hydroxyl groups is 1. The van der Waals surface area contributed by atoms with E-state index in [1.807, 2.05) is 43.0 Å². The van der Waals surface area contributed by atoms with E-state index < -0.39 is 5.60 Å². The molecule has 3 heterocycles. The summed E-state index contributed by atoms with van der Waals surface area (Å²) in [6.45, 7) is 3.61. The molecule has 0 radical (unpaired) electrons. The van der Waals surface area contributed by atoms with E-state index in [2.05, 4.69) is 20.3 Å². The molecule has 2 aromatic heterocycles. The predicted molar refractivity (Wildman–Crippen MR) is 99.9 cm³/mol. The molecule has 0 spiro atoms. The molecule has 1 fully saturated rings. The highest BCUT2D eigenvalue weighted by Crippen LogP contribution is 2.24. The number of nitrogens with zero attached hydrogens (tertiary/aromatic N) is 4. The summed E-state index contributed by atoms with van der Waals surface area (Å²) in [6.07, 6.45) is 6.17. The van der Waals surface area contributed by atoms with Crippen LogP contribution in [0.5, 0.6) is 0 Å². The van der Waals surface area contributed by atoms with Gasteiger partial charge in [0.2, 0.25) is 5.91 Å². The van der Waals surface area contributed by atoms with Crippen LogP contribution in [0.3, 0.4) is 0 Å². The van der Waals surface area contributed by atoms with Crippen LogP contribution in [0.4, 0.5) is 5.82 Å². The van der Waals surface area contributed by atoms with Gasteiger partial charge in [-0.15, -0.1) is 0 Å². The average molecular weight is 357 g/mol. The van der Waals surface area contributed by atoms with Crippen molar-refractivity contribution in [3.63, 3.8) is 0 Å². The van der Waals surface area contributed by atoms with Gasteiger partial charge >= 0.3 is 0 Å². The van der Waals surface area contributed by atoms with Crippen LogP contribution >= 0.6 is 0 Å². The van der Waals surface area contributed by atoms with Crippen molar-refractivity contribution in [2.24, 2.45) is 7.05 Å². The van der Waals surface area contributed by atoms with Crippen LogP contribution in [0.1, 0.15) is 30.5 Å². The molecule has 2 aromatic rings. The molecular formula is C19H27N5O2. The monoisotopic (exact) mass is 357 g/mol. The number of β-amino-alcohol motifs (C(OH)–C–C–N with tert-alkyl or cyclic N) is 1. The maximum atomic E-state index is 12.2. The summed E-state index contributed by atoms with van der Waals surface area (Å²) in [6, 6.07) is 5.77. The molecule has 1 amide bonds. The second-order valence-corrected chi connectivity index (χ2v) is 7.09. The van der Waals surface area contributed by atoms with Crippen LogP contribution in [-0.2, 0) is 18.3 Å². The summed E-state index contributed by atoms with van der Waals surface area (Å²) in [5.74, 6) is 0.820. The molecule has 0 bridgehead atoms. The number of hydrogen-bond donors (Lipinski definition) is 2. The SMILES string of the molecule is Cc1c(CCC(=O)NC[C@@]2(O)CCCN(c3ccccn3)C2)cnn1C. The molecule has 3 rings (SSSR count). The molecule has 140 valence electrons. The molecule has 0 unspecified atom stereocenters. The number of anilines is 1. The van der Waals surface area contributed by atoms with Gasteiger partial charge in [0.25, 0.3) is 0 Å². The number of rotatable bonds is 6. The minimum Gasteiger partial charge on any atom is -0.386 e. The fraction of sp³-hybridized carbons (Fsp3) is 0.526. The molecular weight excluding hydrogens is 330 g/mol. The molecule has 1 atom stereocenters. The molecule has 2 N–H and O–H groups in total. The maximum Gasteiger partial charge on any atom is 0.220 e. The Balaban J connectivity index is 1.49. The number of aromatic nitrogens is 3. The number of nitrogens with one attached hydrogen (secondary N) is 1. The van der Waals surface area contributed by atoms with Crippen LogP contribution in [0, 0.1) is 6.92 Å². The van der Waals surface area contributed by atoms with Crippen molar-refractivity contribution < 1.29 is 9.90 Å². The first-order valence-electron chi connectivity index (χ1n) is 9.09. The minimum atomic E-state index is -0.921. The van der Waals surface area contributed by atoms with Gasteiger partial charge in [-0.3, -0.25) is 9.48 Å². The highest BCUT2D eigenvalue weighted by molar-refractivity contribution is 5.76. The summed E-state index contributed by atoms with van der Waals surface area (Å²) in [7, 11) is 1.89. The van der Waals surface area contributed by atoms with Gasteiger partial charge in [-0.05, 0) is 43.9 Å². The lowest BCUT2D eigenvalue weighted by Gasteiger charge is -2.39. The number of aryl methyl sites for hydroxylation is 2. The van der Waals surface area contributed by atoms with Gasteiger partial charge in [0.05, 0.1) is 11.8 Å². The smallest absolute Gasteiger partial charge is 0.220 e. The van der Waals surface area contributed by atoms with E-state index >= 15 is 0 Å². The zero-order valence-corrected chi connectivity index (χ0v) is 15.5. The lowest BCUT2D eigenvalue weighted by Crippen LogP contribution is -2.54. The Morgan fingerprint density at radius 2 is 2.27 bits per heavy atom. The van der Waals surface area contributed by atoms with Crippen molar-refractivity contribution >= 4 is 11.7 Å². The molecule has 0 saturated carbocycles.